The zero-order valence-corrected chi connectivity index (χ0v) is 15.8. The Balaban J connectivity index is 2.11. The highest BCUT2D eigenvalue weighted by molar-refractivity contribution is 5.80. The van der Waals surface area contributed by atoms with E-state index < -0.39 is 6.10 Å². The Labute approximate surface area is 150 Å². The lowest BCUT2D eigenvalue weighted by Gasteiger charge is -2.33. The van der Waals surface area contributed by atoms with E-state index in [1.54, 1.807) is 26.4 Å². The molecule has 0 aromatic heterocycles. The first-order valence-electron chi connectivity index (χ1n) is 9.02. The summed E-state index contributed by atoms with van der Waals surface area (Å²) < 4.78 is 10.6. The first-order chi connectivity index (χ1) is 12.1. The third-order valence-electron chi connectivity index (χ3n) is 4.63. The SMILES string of the molecule is CCNC(=NCC(O)c1cc(OC)ccc1OC)N1CCC(C)CC1. The lowest BCUT2D eigenvalue weighted by atomic mass is 9.99. The summed E-state index contributed by atoms with van der Waals surface area (Å²) in [6.07, 6.45) is 1.61. The summed E-state index contributed by atoms with van der Waals surface area (Å²) in [6, 6.07) is 5.42. The first-order valence-corrected chi connectivity index (χ1v) is 9.02. The van der Waals surface area contributed by atoms with Gasteiger partial charge in [-0.3, -0.25) is 4.99 Å². The molecule has 2 N–H and O–H groups in total. The molecule has 6 nitrogen and oxygen atoms in total. The Morgan fingerprint density at radius 2 is 2.04 bits per heavy atom. The van der Waals surface area contributed by atoms with Crippen molar-refractivity contribution < 1.29 is 14.6 Å². The van der Waals surface area contributed by atoms with E-state index >= 15 is 0 Å². The minimum Gasteiger partial charge on any atom is -0.497 e. The normalized spacial score (nSPS) is 17.3. The highest BCUT2D eigenvalue weighted by Crippen LogP contribution is 2.29. The van der Waals surface area contributed by atoms with Crippen LogP contribution in [0.2, 0.25) is 0 Å². The van der Waals surface area contributed by atoms with Crippen molar-refractivity contribution in [2.24, 2.45) is 10.9 Å². The predicted molar refractivity (Wildman–Crippen MR) is 100 cm³/mol. The number of benzene rings is 1. The predicted octanol–water partition coefficient (Wildman–Crippen LogP) is 2.43. The number of aliphatic imine (C=N–C) groups is 1. The minimum absolute atomic E-state index is 0.276. The van der Waals surface area contributed by atoms with Crippen molar-refractivity contribution >= 4 is 5.96 Å². The van der Waals surface area contributed by atoms with Crippen LogP contribution in [-0.2, 0) is 0 Å². The summed E-state index contributed by atoms with van der Waals surface area (Å²) in [4.78, 5) is 6.93. The molecule has 25 heavy (non-hydrogen) atoms. The number of aliphatic hydroxyl groups is 1. The van der Waals surface area contributed by atoms with Gasteiger partial charge in [-0.2, -0.15) is 0 Å². The van der Waals surface area contributed by atoms with E-state index in [0.717, 1.165) is 31.5 Å². The van der Waals surface area contributed by atoms with E-state index in [-0.39, 0.29) is 6.54 Å². The van der Waals surface area contributed by atoms with Crippen LogP contribution in [0, 0.1) is 5.92 Å². The van der Waals surface area contributed by atoms with Gasteiger partial charge in [0, 0.05) is 25.2 Å². The van der Waals surface area contributed by atoms with E-state index in [0.29, 0.717) is 17.1 Å². The first kappa shape index (κ1) is 19.4. The number of aliphatic hydroxyl groups excluding tert-OH is 1. The second-order valence-corrected chi connectivity index (χ2v) is 6.49. The molecule has 2 rings (SSSR count). The summed E-state index contributed by atoms with van der Waals surface area (Å²) in [5.74, 6) is 2.97. The average molecular weight is 349 g/mol. The Morgan fingerprint density at radius 1 is 1.32 bits per heavy atom. The fourth-order valence-electron chi connectivity index (χ4n) is 3.02. The zero-order chi connectivity index (χ0) is 18.2. The molecule has 1 aromatic rings. The van der Waals surface area contributed by atoms with Crippen LogP contribution in [0.4, 0.5) is 0 Å². The van der Waals surface area contributed by atoms with E-state index in [9.17, 15) is 5.11 Å². The van der Waals surface area contributed by atoms with Gasteiger partial charge in [0.2, 0.25) is 0 Å². The summed E-state index contributed by atoms with van der Waals surface area (Å²) in [5.41, 5.74) is 0.689. The molecule has 1 aliphatic rings. The molecule has 0 saturated carbocycles. The monoisotopic (exact) mass is 349 g/mol. The van der Waals surface area contributed by atoms with E-state index in [4.69, 9.17) is 9.47 Å². The van der Waals surface area contributed by atoms with Crippen molar-refractivity contribution in [1.29, 1.82) is 0 Å². The smallest absolute Gasteiger partial charge is 0.194 e. The number of nitrogens with zero attached hydrogens (tertiary/aromatic N) is 2. The number of methoxy groups -OCH3 is 2. The van der Waals surface area contributed by atoms with Gasteiger partial charge in [-0.25, -0.2) is 0 Å². The number of nitrogens with one attached hydrogen (secondary N) is 1. The number of hydrogen-bond acceptors (Lipinski definition) is 4. The fourth-order valence-corrected chi connectivity index (χ4v) is 3.02. The molecule has 1 saturated heterocycles. The van der Waals surface area contributed by atoms with Crippen molar-refractivity contribution in [3.05, 3.63) is 23.8 Å². The number of piperidine rings is 1. The van der Waals surface area contributed by atoms with Crippen LogP contribution in [0.25, 0.3) is 0 Å². The Morgan fingerprint density at radius 3 is 2.64 bits per heavy atom. The highest BCUT2D eigenvalue weighted by Gasteiger charge is 2.20. The number of guanidine groups is 1. The van der Waals surface area contributed by atoms with Gasteiger partial charge >= 0.3 is 0 Å². The lowest BCUT2D eigenvalue weighted by molar-refractivity contribution is 0.181. The molecule has 1 heterocycles. The number of hydrogen-bond donors (Lipinski definition) is 2. The molecule has 1 aromatic carbocycles. The molecule has 1 fully saturated rings. The van der Waals surface area contributed by atoms with Gasteiger partial charge in [-0.05, 0) is 43.9 Å². The van der Waals surface area contributed by atoms with Crippen LogP contribution in [0.15, 0.2) is 23.2 Å². The molecule has 0 amide bonds. The van der Waals surface area contributed by atoms with Gasteiger partial charge in [0.15, 0.2) is 5.96 Å². The van der Waals surface area contributed by atoms with Crippen molar-refractivity contribution in [1.82, 2.24) is 10.2 Å². The third kappa shape index (κ3) is 5.26. The molecule has 1 aliphatic heterocycles. The van der Waals surface area contributed by atoms with Crippen LogP contribution >= 0.6 is 0 Å². The molecular weight excluding hydrogens is 318 g/mol. The molecule has 1 unspecified atom stereocenters. The van der Waals surface area contributed by atoms with Crippen molar-refractivity contribution in [2.75, 3.05) is 40.4 Å². The number of rotatable bonds is 6. The van der Waals surface area contributed by atoms with Gasteiger partial charge < -0.3 is 24.8 Å². The molecular formula is C19H31N3O3. The van der Waals surface area contributed by atoms with Crippen LogP contribution in [0.5, 0.6) is 11.5 Å². The summed E-state index contributed by atoms with van der Waals surface area (Å²) >= 11 is 0. The van der Waals surface area contributed by atoms with Crippen LogP contribution in [0.3, 0.4) is 0 Å². The van der Waals surface area contributed by atoms with Crippen LogP contribution in [0.1, 0.15) is 38.4 Å². The zero-order valence-electron chi connectivity index (χ0n) is 15.8. The molecule has 140 valence electrons. The summed E-state index contributed by atoms with van der Waals surface area (Å²) in [6.45, 7) is 7.45. The van der Waals surface area contributed by atoms with Crippen molar-refractivity contribution in [3.8, 4) is 11.5 Å². The second kappa shape index (κ2) is 9.51. The maximum atomic E-state index is 10.6. The fraction of sp³-hybridized carbons (Fsp3) is 0.632. The minimum atomic E-state index is -0.748. The highest BCUT2D eigenvalue weighted by atomic mass is 16.5. The Hall–Kier alpha value is -1.95. The topological polar surface area (TPSA) is 66.3 Å². The van der Waals surface area contributed by atoms with Gasteiger partial charge in [0.05, 0.1) is 20.8 Å². The van der Waals surface area contributed by atoms with Gasteiger partial charge in [-0.1, -0.05) is 6.92 Å². The van der Waals surface area contributed by atoms with E-state index in [1.807, 2.05) is 6.07 Å². The third-order valence-corrected chi connectivity index (χ3v) is 4.63. The van der Waals surface area contributed by atoms with Crippen molar-refractivity contribution in [3.63, 3.8) is 0 Å². The molecule has 0 bridgehead atoms. The maximum Gasteiger partial charge on any atom is 0.194 e. The van der Waals surface area contributed by atoms with E-state index in [2.05, 4.69) is 29.1 Å². The molecule has 6 heteroatoms. The van der Waals surface area contributed by atoms with Crippen molar-refractivity contribution in [2.45, 2.75) is 32.8 Å². The van der Waals surface area contributed by atoms with E-state index in [1.165, 1.54) is 12.8 Å². The average Bonchev–Trinajstić information content (AvgIpc) is 2.65. The number of likely N-dealkylation sites (tertiary alicyclic amines) is 1. The standard InChI is InChI=1S/C19H31N3O3/c1-5-20-19(22-10-8-14(2)9-11-22)21-13-17(23)16-12-15(24-3)6-7-18(16)25-4/h6-7,12,14,17,23H,5,8-11,13H2,1-4H3,(H,20,21). The molecule has 0 radical (unpaired) electrons. The largest absolute Gasteiger partial charge is 0.497 e. The van der Waals surface area contributed by atoms with Gasteiger partial charge in [0.1, 0.15) is 17.6 Å². The Kier molecular flexibility index (Phi) is 7.37. The maximum absolute atomic E-state index is 10.6. The quantitative estimate of drug-likeness (QED) is 0.610. The summed E-state index contributed by atoms with van der Waals surface area (Å²) in [5, 5.41) is 14.0. The second-order valence-electron chi connectivity index (χ2n) is 6.49. The van der Waals surface area contributed by atoms with Crippen LogP contribution < -0.4 is 14.8 Å². The lowest BCUT2D eigenvalue weighted by Crippen LogP contribution is -2.45. The number of ether oxygens (including phenoxy) is 2. The molecule has 1 atom stereocenters. The van der Waals surface area contributed by atoms with Gasteiger partial charge in [-0.15, -0.1) is 0 Å². The van der Waals surface area contributed by atoms with Crippen LogP contribution in [-0.4, -0.2) is 56.4 Å². The Bertz CT molecular complexity index is 569. The molecule has 0 spiro atoms. The molecule has 0 aliphatic carbocycles. The van der Waals surface area contributed by atoms with Gasteiger partial charge in [0.25, 0.3) is 0 Å². The summed E-state index contributed by atoms with van der Waals surface area (Å²) in [7, 11) is 3.21.